The topological polar surface area (TPSA) is 64.7 Å². The van der Waals surface area contributed by atoms with Crippen molar-refractivity contribution in [1.82, 2.24) is 19.9 Å². The number of pyridine rings is 1. The first kappa shape index (κ1) is 25.8. The average Bonchev–Trinajstić information content (AvgIpc) is 3.53. The Balaban J connectivity index is 1.31. The number of para-hydroxylation sites is 1. The molecule has 0 saturated heterocycles. The third-order valence-electron chi connectivity index (χ3n) is 9.17. The summed E-state index contributed by atoms with van der Waals surface area (Å²) in [6.45, 7) is 0. The van der Waals surface area contributed by atoms with Gasteiger partial charge in [-0.3, -0.25) is 4.98 Å². The van der Waals surface area contributed by atoms with Crippen LogP contribution in [0.15, 0.2) is 150 Å². The summed E-state index contributed by atoms with van der Waals surface area (Å²) in [5.41, 5.74) is 4.42. The predicted octanol–water partition coefficient (Wildman–Crippen LogP) is 10.8. The van der Waals surface area contributed by atoms with E-state index < -0.39 is 0 Å². The maximum Gasteiger partial charge on any atom is 0.164 e. The molecule has 0 saturated carbocycles. The van der Waals surface area contributed by atoms with Crippen LogP contribution < -0.4 is 0 Å². The van der Waals surface area contributed by atoms with Crippen LogP contribution in [-0.4, -0.2) is 19.9 Å². The summed E-state index contributed by atoms with van der Waals surface area (Å²) >= 11 is 0. The zero-order chi connectivity index (χ0) is 30.9. The van der Waals surface area contributed by atoms with Crippen LogP contribution in [0.4, 0.5) is 0 Å². The fourth-order valence-electron chi connectivity index (χ4n) is 6.99. The highest BCUT2D eigenvalue weighted by Gasteiger charge is 2.20. The molecule has 218 valence electrons. The van der Waals surface area contributed by atoms with Gasteiger partial charge in [0.25, 0.3) is 0 Å². The van der Waals surface area contributed by atoms with E-state index in [1.807, 2.05) is 42.7 Å². The Morgan fingerprint density at radius 1 is 0.404 bits per heavy atom. The molecule has 0 amide bonds. The van der Waals surface area contributed by atoms with Gasteiger partial charge in [-0.05, 0) is 68.0 Å². The van der Waals surface area contributed by atoms with Crippen LogP contribution in [0.25, 0.3) is 99.2 Å². The van der Waals surface area contributed by atoms with Crippen molar-refractivity contribution in [3.63, 3.8) is 0 Å². The van der Waals surface area contributed by atoms with Gasteiger partial charge >= 0.3 is 0 Å². The Morgan fingerprint density at radius 2 is 1.11 bits per heavy atom. The molecule has 3 aromatic heterocycles. The van der Waals surface area contributed by atoms with Crippen LogP contribution in [0.3, 0.4) is 0 Å². The number of hydrogen-bond donors (Lipinski definition) is 0. The molecule has 0 aliphatic carbocycles. The van der Waals surface area contributed by atoms with E-state index in [-0.39, 0.29) is 0 Å². The second kappa shape index (κ2) is 10.0. The number of rotatable bonds is 3. The summed E-state index contributed by atoms with van der Waals surface area (Å²) in [7, 11) is 0. The van der Waals surface area contributed by atoms with Crippen LogP contribution >= 0.6 is 0 Å². The smallest absolute Gasteiger partial charge is 0.164 e. The lowest BCUT2D eigenvalue weighted by Gasteiger charge is -2.14. The van der Waals surface area contributed by atoms with Gasteiger partial charge in [0.15, 0.2) is 17.5 Å². The molecule has 3 heterocycles. The van der Waals surface area contributed by atoms with E-state index >= 15 is 0 Å². The van der Waals surface area contributed by atoms with Crippen LogP contribution in [0.2, 0.25) is 0 Å². The lowest BCUT2D eigenvalue weighted by Crippen LogP contribution is -2.01. The molecular formula is C42H24N4O. The number of aromatic nitrogens is 4. The molecule has 10 rings (SSSR count). The molecule has 0 bridgehead atoms. The van der Waals surface area contributed by atoms with E-state index in [2.05, 4.69) is 108 Å². The summed E-state index contributed by atoms with van der Waals surface area (Å²) in [5.74, 6) is 1.83. The van der Waals surface area contributed by atoms with E-state index in [9.17, 15) is 0 Å². The van der Waals surface area contributed by atoms with E-state index in [1.54, 1.807) is 0 Å². The number of hydrogen-bond acceptors (Lipinski definition) is 5. The van der Waals surface area contributed by atoms with Crippen molar-refractivity contribution >= 4 is 65.0 Å². The summed E-state index contributed by atoms with van der Waals surface area (Å²) in [6, 6.07) is 46.1. The van der Waals surface area contributed by atoms with Gasteiger partial charge in [0.05, 0.1) is 0 Å². The molecule has 47 heavy (non-hydrogen) atoms. The molecule has 5 nitrogen and oxygen atoms in total. The van der Waals surface area contributed by atoms with Gasteiger partial charge in [-0.2, -0.15) is 0 Å². The first-order valence-corrected chi connectivity index (χ1v) is 15.6. The highest BCUT2D eigenvalue weighted by molar-refractivity contribution is 6.23. The third-order valence-corrected chi connectivity index (χ3v) is 9.17. The van der Waals surface area contributed by atoms with Crippen molar-refractivity contribution in [2.24, 2.45) is 0 Å². The van der Waals surface area contributed by atoms with Gasteiger partial charge in [-0.25, -0.2) is 15.0 Å². The SMILES string of the molecule is c1ccc2cc(-c3nc(-c4cc5ccccc5c5c4ccc4cnccc45)nc(-c4cccc5oc6ccccc6c45)n3)ccc2c1. The summed E-state index contributed by atoms with van der Waals surface area (Å²) < 4.78 is 6.26. The summed E-state index contributed by atoms with van der Waals surface area (Å²) in [5, 5.41) is 11.1. The Kier molecular flexibility index (Phi) is 5.51. The van der Waals surface area contributed by atoms with E-state index in [0.717, 1.165) is 70.9 Å². The van der Waals surface area contributed by atoms with Crippen molar-refractivity contribution in [3.8, 4) is 34.2 Å². The first-order chi connectivity index (χ1) is 23.3. The second-order valence-electron chi connectivity index (χ2n) is 11.9. The Bertz CT molecular complexity index is 2860. The minimum absolute atomic E-state index is 0.599. The molecule has 0 unspecified atom stereocenters. The van der Waals surface area contributed by atoms with Gasteiger partial charge in [0.1, 0.15) is 11.2 Å². The fraction of sp³-hybridized carbons (Fsp3) is 0. The second-order valence-corrected chi connectivity index (χ2v) is 11.9. The van der Waals surface area contributed by atoms with Crippen LogP contribution in [0.1, 0.15) is 0 Å². The number of furan rings is 1. The van der Waals surface area contributed by atoms with Crippen molar-refractivity contribution in [2.45, 2.75) is 0 Å². The highest BCUT2D eigenvalue weighted by atomic mass is 16.3. The molecule has 0 spiro atoms. The van der Waals surface area contributed by atoms with Gasteiger partial charge < -0.3 is 4.42 Å². The molecule has 5 heteroatoms. The molecular weight excluding hydrogens is 576 g/mol. The Hall–Kier alpha value is -6.46. The number of fused-ring (bicyclic) bond motifs is 9. The Labute approximate surface area is 268 Å². The Morgan fingerprint density at radius 3 is 2.02 bits per heavy atom. The lowest BCUT2D eigenvalue weighted by atomic mass is 9.93. The van der Waals surface area contributed by atoms with Crippen LogP contribution in [0, 0.1) is 0 Å². The zero-order valence-corrected chi connectivity index (χ0v) is 25.1. The van der Waals surface area contributed by atoms with E-state index in [1.165, 1.54) is 10.8 Å². The van der Waals surface area contributed by atoms with Crippen LogP contribution in [0.5, 0.6) is 0 Å². The van der Waals surface area contributed by atoms with E-state index in [0.29, 0.717) is 17.5 Å². The zero-order valence-electron chi connectivity index (χ0n) is 25.1. The third kappa shape index (κ3) is 4.03. The van der Waals surface area contributed by atoms with Crippen molar-refractivity contribution < 1.29 is 4.42 Å². The molecule has 0 aliphatic heterocycles. The fourth-order valence-corrected chi connectivity index (χ4v) is 6.99. The quantitative estimate of drug-likeness (QED) is 0.189. The predicted molar refractivity (Wildman–Crippen MR) is 191 cm³/mol. The molecule has 10 aromatic rings. The molecule has 0 radical (unpaired) electrons. The van der Waals surface area contributed by atoms with Gasteiger partial charge in [0.2, 0.25) is 0 Å². The first-order valence-electron chi connectivity index (χ1n) is 15.6. The molecule has 0 N–H and O–H groups in total. The summed E-state index contributed by atoms with van der Waals surface area (Å²) in [4.78, 5) is 20.0. The average molecular weight is 601 g/mol. The largest absolute Gasteiger partial charge is 0.456 e. The van der Waals surface area contributed by atoms with Crippen molar-refractivity contribution in [3.05, 3.63) is 146 Å². The standard InChI is InChI=1S/C42H24N4O/c1-2-9-26-22-28(17-16-25(26)8-1)40-44-41(34-13-7-15-37-39(34)33-12-5-6-14-36(33)47-37)46-42(45-40)35-23-27-10-3-4-11-30(27)38-31-20-21-43-24-29(31)18-19-32(35)38/h1-24H. The molecule has 0 aliphatic rings. The van der Waals surface area contributed by atoms with Gasteiger partial charge in [0, 0.05) is 45.2 Å². The normalized spacial score (nSPS) is 11.8. The lowest BCUT2D eigenvalue weighted by molar-refractivity contribution is 0.669. The van der Waals surface area contributed by atoms with Crippen LogP contribution in [-0.2, 0) is 0 Å². The number of nitrogens with zero attached hydrogens (tertiary/aromatic N) is 4. The van der Waals surface area contributed by atoms with E-state index in [4.69, 9.17) is 19.4 Å². The minimum atomic E-state index is 0.599. The van der Waals surface area contributed by atoms with Gasteiger partial charge in [-0.15, -0.1) is 0 Å². The number of benzene rings is 7. The monoisotopic (exact) mass is 600 g/mol. The molecule has 7 aromatic carbocycles. The van der Waals surface area contributed by atoms with Crippen molar-refractivity contribution in [2.75, 3.05) is 0 Å². The van der Waals surface area contributed by atoms with Crippen molar-refractivity contribution in [1.29, 1.82) is 0 Å². The van der Waals surface area contributed by atoms with Gasteiger partial charge in [-0.1, -0.05) is 103 Å². The molecule has 0 fully saturated rings. The maximum atomic E-state index is 6.26. The minimum Gasteiger partial charge on any atom is -0.456 e. The maximum absolute atomic E-state index is 6.26. The summed E-state index contributed by atoms with van der Waals surface area (Å²) in [6.07, 6.45) is 3.78. The highest BCUT2D eigenvalue weighted by Crippen LogP contribution is 2.40. The molecule has 0 atom stereocenters.